The first-order valence-electron chi connectivity index (χ1n) is 5.25. The van der Waals surface area contributed by atoms with Gasteiger partial charge in [-0.25, -0.2) is 4.68 Å². The minimum atomic E-state index is 0.00957. The van der Waals surface area contributed by atoms with Crippen LogP contribution in [0, 0.1) is 5.92 Å². The van der Waals surface area contributed by atoms with Crippen molar-refractivity contribution in [1.29, 1.82) is 0 Å². The maximum absolute atomic E-state index is 11.8. The number of nitrogens with zero attached hydrogens (tertiary/aromatic N) is 3. The van der Waals surface area contributed by atoms with Crippen molar-refractivity contribution in [1.82, 2.24) is 9.78 Å². The number of hydrogen-bond donors (Lipinski definition) is 1. The van der Waals surface area contributed by atoms with Crippen LogP contribution in [0.2, 0.25) is 0 Å². The molecule has 5 nitrogen and oxygen atoms in total. The van der Waals surface area contributed by atoms with Gasteiger partial charge in [-0.05, 0) is 5.92 Å². The highest BCUT2D eigenvalue weighted by Crippen LogP contribution is 2.25. The second kappa shape index (κ2) is 4.84. The molecule has 2 rings (SSSR count). The van der Waals surface area contributed by atoms with E-state index in [9.17, 15) is 4.79 Å². The van der Waals surface area contributed by atoms with Gasteiger partial charge in [0.25, 0.3) is 0 Å². The normalized spacial score (nSPS) is 20.8. The zero-order valence-electron chi connectivity index (χ0n) is 8.84. The van der Waals surface area contributed by atoms with Crippen LogP contribution in [-0.2, 0) is 11.3 Å². The minimum absolute atomic E-state index is 0.00957. The van der Waals surface area contributed by atoms with E-state index in [0.29, 0.717) is 25.4 Å². The third-order valence-electron chi connectivity index (χ3n) is 2.71. The molecule has 0 aliphatic carbocycles. The van der Waals surface area contributed by atoms with Crippen molar-refractivity contribution in [3.05, 3.63) is 12.3 Å². The molecular weight excluding hydrogens is 230 g/mol. The van der Waals surface area contributed by atoms with E-state index in [0.717, 1.165) is 5.82 Å². The third-order valence-corrected chi connectivity index (χ3v) is 3.14. The fraction of sp³-hybridized carbons (Fsp3) is 0.600. The Kier molecular flexibility index (Phi) is 3.46. The van der Waals surface area contributed by atoms with E-state index in [1.54, 1.807) is 21.8 Å². The van der Waals surface area contributed by atoms with Crippen LogP contribution in [0.15, 0.2) is 12.3 Å². The summed E-state index contributed by atoms with van der Waals surface area (Å²) in [6, 6.07) is 1.78. The molecule has 2 heterocycles. The first-order chi connectivity index (χ1) is 7.76. The Hall–Kier alpha value is -1.07. The van der Waals surface area contributed by atoms with Crippen molar-refractivity contribution in [2.75, 3.05) is 23.9 Å². The van der Waals surface area contributed by atoms with Crippen LogP contribution in [0.5, 0.6) is 0 Å². The highest BCUT2D eigenvalue weighted by Gasteiger charge is 2.31. The van der Waals surface area contributed by atoms with Crippen molar-refractivity contribution >= 4 is 23.3 Å². The van der Waals surface area contributed by atoms with Crippen LogP contribution >= 0.6 is 11.6 Å². The number of amides is 1. The van der Waals surface area contributed by atoms with Crippen LogP contribution in [0.4, 0.5) is 5.82 Å². The lowest BCUT2D eigenvalue weighted by Crippen LogP contribution is -2.27. The van der Waals surface area contributed by atoms with Gasteiger partial charge < -0.3 is 5.11 Å². The van der Waals surface area contributed by atoms with Crippen molar-refractivity contribution < 1.29 is 9.90 Å². The van der Waals surface area contributed by atoms with Gasteiger partial charge in [-0.3, -0.25) is 9.69 Å². The zero-order chi connectivity index (χ0) is 11.5. The van der Waals surface area contributed by atoms with E-state index in [4.69, 9.17) is 16.7 Å². The summed E-state index contributed by atoms with van der Waals surface area (Å²) in [5, 5.41) is 12.9. The number of rotatable bonds is 4. The molecule has 1 aromatic rings. The number of aliphatic hydroxyl groups is 1. The number of aromatic nitrogens is 2. The van der Waals surface area contributed by atoms with E-state index in [2.05, 4.69) is 5.10 Å². The number of halogens is 1. The van der Waals surface area contributed by atoms with E-state index < -0.39 is 0 Å². The molecule has 0 spiro atoms. The van der Waals surface area contributed by atoms with Crippen molar-refractivity contribution in [2.24, 2.45) is 5.92 Å². The Bertz CT molecular complexity index is 380. The van der Waals surface area contributed by atoms with Crippen molar-refractivity contribution in [3.8, 4) is 0 Å². The molecule has 1 fully saturated rings. The lowest BCUT2D eigenvalue weighted by molar-refractivity contribution is -0.117. The predicted octanol–water partition coefficient (Wildman–Crippen LogP) is 0.467. The van der Waals surface area contributed by atoms with Crippen molar-refractivity contribution in [2.45, 2.75) is 13.0 Å². The average molecular weight is 244 g/mol. The Morgan fingerprint density at radius 3 is 3.06 bits per heavy atom. The Labute approximate surface area is 98.6 Å². The lowest BCUT2D eigenvalue weighted by atomic mass is 10.2. The average Bonchev–Trinajstić information content (AvgIpc) is 2.85. The highest BCUT2D eigenvalue weighted by atomic mass is 35.5. The molecular formula is C10H14ClN3O2. The topological polar surface area (TPSA) is 58.4 Å². The Balaban J connectivity index is 2.17. The van der Waals surface area contributed by atoms with Gasteiger partial charge in [-0.15, -0.1) is 11.6 Å². The van der Waals surface area contributed by atoms with Crippen LogP contribution in [0.3, 0.4) is 0 Å². The van der Waals surface area contributed by atoms with Gasteiger partial charge in [0.15, 0.2) is 0 Å². The molecule has 1 aromatic heterocycles. The largest absolute Gasteiger partial charge is 0.394 e. The molecule has 1 unspecified atom stereocenters. The van der Waals surface area contributed by atoms with Gasteiger partial charge in [-0.2, -0.15) is 5.10 Å². The summed E-state index contributed by atoms with van der Waals surface area (Å²) in [5.74, 6) is 1.53. The molecule has 88 valence electrons. The maximum atomic E-state index is 11.8. The lowest BCUT2D eigenvalue weighted by Gasteiger charge is -2.17. The molecule has 0 bridgehead atoms. The molecule has 16 heavy (non-hydrogen) atoms. The summed E-state index contributed by atoms with van der Waals surface area (Å²) in [4.78, 5) is 13.5. The first-order valence-corrected chi connectivity index (χ1v) is 5.78. The summed E-state index contributed by atoms with van der Waals surface area (Å²) < 4.78 is 1.63. The van der Waals surface area contributed by atoms with Gasteiger partial charge in [-0.1, -0.05) is 0 Å². The minimum Gasteiger partial charge on any atom is -0.394 e. The summed E-state index contributed by atoms with van der Waals surface area (Å²) in [6.45, 7) is 1.05. The number of aliphatic hydroxyl groups excluding tert-OH is 1. The second-order valence-corrected chi connectivity index (χ2v) is 4.17. The molecule has 1 N–H and O–H groups in total. The van der Waals surface area contributed by atoms with E-state index in [1.807, 2.05) is 0 Å². The van der Waals surface area contributed by atoms with E-state index >= 15 is 0 Å². The number of alkyl halides is 1. The van der Waals surface area contributed by atoms with Gasteiger partial charge in [0, 0.05) is 24.9 Å². The molecule has 0 radical (unpaired) electrons. The molecule has 0 aromatic carbocycles. The SMILES string of the molecule is O=C1CC(CCl)CN1c1ccnn1CCO. The molecule has 6 heteroatoms. The smallest absolute Gasteiger partial charge is 0.228 e. The molecule has 0 saturated carbocycles. The Morgan fingerprint density at radius 2 is 2.44 bits per heavy atom. The van der Waals surface area contributed by atoms with Crippen LogP contribution < -0.4 is 4.90 Å². The monoisotopic (exact) mass is 243 g/mol. The number of hydrogen-bond acceptors (Lipinski definition) is 3. The second-order valence-electron chi connectivity index (χ2n) is 3.86. The van der Waals surface area contributed by atoms with Crippen LogP contribution in [0.25, 0.3) is 0 Å². The summed E-state index contributed by atoms with van der Waals surface area (Å²) in [7, 11) is 0. The predicted molar refractivity (Wildman–Crippen MR) is 60.5 cm³/mol. The van der Waals surface area contributed by atoms with Gasteiger partial charge in [0.05, 0.1) is 19.3 Å². The number of carbonyl (C=O) groups excluding carboxylic acids is 1. The van der Waals surface area contributed by atoms with Gasteiger partial charge >= 0.3 is 0 Å². The maximum Gasteiger partial charge on any atom is 0.228 e. The molecule has 1 aliphatic heterocycles. The van der Waals surface area contributed by atoms with Crippen molar-refractivity contribution in [3.63, 3.8) is 0 Å². The molecule has 1 amide bonds. The molecule has 1 atom stereocenters. The Morgan fingerprint density at radius 1 is 1.62 bits per heavy atom. The zero-order valence-corrected chi connectivity index (χ0v) is 9.60. The van der Waals surface area contributed by atoms with Crippen LogP contribution in [0.1, 0.15) is 6.42 Å². The van der Waals surface area contributed by atoms with E-state index in [-0.39, 0.29) is 18.4 Å². The number of carbonyl (C=O) groups is 1. The molecule has 1 aliphatic rings. The highest BCUT2D eigenvalue weighted by molar-refractivity contribution is 6.18. The number of anilines is 1. The van der Waals surface area contributed by atoms with E-state index in [1.165, 1.54) is 0 Å². The fourth-order valence-electron chi connectivity index (χ4n) is 1.93. The van der Waals surface area contributed by atoms with Crippen LogP contribution in [-0.4, -0.2) is 39.8 Å². The standard InChI is InChI=1S/C10H14ClN3O2/c11-6-8-5-10(16)13(7-8)9-1-2-12-14(9)3-4-15/h1-2,8,15H,3-7H2. The fourth-order valence-corrected chi connectivity index (χ4v) is 2.14. The summed E-state index contributed by atoms with van der Waals surface area (Å²) in [5.41, 5.74) is 0. The van der Waals surface area contributed by atoms with Gasteiger partial charge in [0.1, 0.15) is 5.82 Å². The third kappa shape index (κ3) is 2.05. The first kappa shape index (κ1) is 11.4. The van der Waals surface area contributed by atoms with Gasteiger partial charge in [0.2, 0.25) is 5.91 Å². The summed E-state index contributed by atoms with van der Waals surface area (Å²) >= 11 is 5.76. The quantitative estimate of drug-likeness (QED) is 0.782. The summed E-state index contributed by atoms with van der Waals surface area (Å²) in [6.07, 6.45) is 2.13. The molecule has 1 saturated heterocycles.